The quantitative estimate of drug-likeness (QED) is 0.732. The molecule has 106 valence electrons. The lowest BCUT2D eigenvalue weighted by molar-refractivity contribution is -0.139. The molecule has 0 aromatic heterocycles. The maximum Gasteiger partial charge on any atom is 0.320 e. The van der Waals surface area contributed by atoms with Crippen LogP contribution >= 0.6 is 0 Å². The Morgan fingerprint density at radius 3 is 2.39 bits per heavy atom. The Balaban J connectivity index is 2.38. The fourth-order valence-corrected chi connectivity index (χ4v) is 3.31. The summed E-state index contributed by atoms with van der Waals surface area (Å²) in [6, 6.07) is -0.687. The summed E-state index contributed by atoms with van der Waals surface area (Å²) >= 11 is 0. The lowest BCUT2D eigenvalue weighted by atomic mass is 9.76. The van der Waals surface area contributed by atoms with Crippen molar-refractivity contribution in [2.75, 3.05) is 0 Å². The summed E-state index contributed by atoms with van der Waals surface area (Å²) in [7, 11) is 0. The zero-order valence-corrected chi connectivity index (χ0v) is 11.9. The summed E-state index contributed by atoms with van der Waals surface area (Å²) in [6.07, 6.45) is 9.68. The Morgan fingerprint density at radius 1 is 1.28 bits per heavy atom. The number of hydrogen-bond acceptors (Lipinski definition) is 2. The first kappa shape index (κ1) is 15.5. The van der Waals surface area contributed by atoms with Gasteiger partial charge in [-0.2, -0.15) is 0 Å². The standard InChI is InChI=1S/C15H29NO2/c1-3-12(10-14(16)15(17)18)9-11(2)13-7-5-4-6-8-13/h11-14H,3-10,16H2,1-2H3,(H,17,18). The van der Waals surface area contributed by atoms with Crippen LogP contribution in [0.25, 0.3) is 0 Å². The van der Waals surface area contributed by atoms with Gasteiger partial charge in [-0.15, -0.1) is 0 Å². The predicted molar refractivity (Wildman–Crippen MR) is 74.4 cm³/mol. The van der Waals surface area contributed by atoms with Crippen molar-refractivity contribution in [3.05, 3.63) is 0 Å². The van der Waals surface area contributed by atoms with Crippen LogP contribution in [0.3, 0.4) is 0 Å². The molecule has 18 heavy (non-hydrogen) atoms. The first-order valence-electron chi connectivity index (χ1n) is 7.53. The molecule has 3 heteroatoms. The van der Waals surface area contributed by atoms with Gasteiger partial charge in [0.2, 0.25) is 0 Å². The van der Waals surface area contributed by atoms with Crippen LogP contribution in [0.5, 0.6) is 0 Å². The Bertz CT molecular complexity index is 249. The molecule has 1 rings (SSSR count). The number of carboxylic acids is 1. The third kappa shape index (κ3) is 4.97. The average Bonchev–Trinajstić information content (AvgIpc) is 2.38. The van der Waals surface area contributed by atoms with Gasteiger partial charge in [-0.05, 0) is 30.6 Å². The molecule has 0 saturated heterocycles. The molecule has 1 aliphatic rings. The van der Waals surface area contributed by atoms with Crippen molar-refractivity contribution in [2.45, 2.75) is 71.3 Å². The van der Waals surface area contributed by atoms with E-state index in [9.17, 15) is 4.79 Å². The molecule has 0 aromatic rings. The van der Waals surface area contributed by atoms with Gasteiger partial charge in [0, 0.05) is 0 Å². The van der Waals surface area contributed by atoms with Crippen molar-refractivity contribution in [3.8, 4) is 0 Å². The molecule has 3 unspecified atom stereocenters. The number of nitrogens with two attached hydrogens (primary N) is 1. The maximum atomic E-state index is 10.8. The van der Waals surface area contributed by atoms with Gasteiger partial charge in [0.25, 0.3) is 0 Å². The minimum Gasteiger partial charge on any atom is -0.480 e. The minimum absolute atomic E-state index is 0.466. The first-order valence-corrected chi connectivity index (χ1v) is 7.53. The summed E-state index contributed by atoms with van der Waals surface area (Å²) in [5.74, 6) is 1.18. The third-order valence-electron chi connectivity index (χ3n) is 4.64. The van der Waals surface area contributed by atoms with E-state index in [0.717, 1.165) is 24.7 Å². The smallest absolute Gasteiger partial charge is 0.320 e. The summed E-state index contributed by atoms with van der Waals surface area (Å²) in [5, 5.41) is 8.88. The van der Waals surface area contributed by atoms with Gasteiger partial charge in [0.05, 0.1) is 0 Å². The van der Waals surface area contributed by atoms with Gasteiger partial charge in [0.1, 0.15) is 6.04 Å². The van der Waals surface area contributed by atoms with E-state index in [1.54, 1.807) is 0 Å². The van der Waals surface area contributed by atoms with Crippen molar-refractivity contribution in [1.29, 1.82) is 0 Å². The van der Waals surface area contributed by atoms with Gasteiger partial charge in [-0.3, -0.25) is 4.79 Å². The third-order valence-corrected chi connectivity index (χ3v) is 4.64. The lowest BCUT2D eigenvalue weighted by Crippen LogP contribution is -2.33. The molecule has 0 aliphatic heterocycles. The van der Waals surface area contributed by atoms with Crippen LogP contribution in [0.15, 0.2) is 0 Å². The Labute approximate surface area is 111 Å². The van der Waals surface area contributed by atoms with E-state index < -0.39 is 12.0 Å². The molecule has 1 fully saturated rings. The van der Waals surface area contributed by atoms with Crippen LogP contribution in [-0.2, 0) is 4.79 Å². The number of carbonyl (C=O) groups is 1. The molecule has 0 radical (unpaired) electrons. The van der Waals surface area contributed by atoms with Crippen LogP contribution in [0, 0.1) is 17.8 Å². The van der Waals surface area contributed by atoms with Gasteiger partial charge >= 0.3 is 5.97 Å². The highest BCUT2D eigenvalue weighted by atomic mass is 16.4. The molecule has 3 nitrogen and oxygen atoms in total. The van der Waals surface area contributed by atoms with Crippen molar-refractivity contribution < 1.29 is 9.90 Å². The molecule has 0 aromatic carbocycles. The predicted octanol–water partition coefficient (Wildman–Crippen LogP) is 3.42. The summed E-state index contributed by atoms with van der Waals surface area (Å²) < 4.78 is 0. The van der Waals surface area contributed by atoms with Gasteiger partial charge in [0.15, 0.2) is 0 Å². The van der Waals surface area contributed by atoms with E-state index in [1.807, 2.05) is 0 Å². The van der Waals surface area contributed by atoms with Crippen LogP contribution in [-0.4, -0.2) is 17.1 Å². The lowest BCUT2D eigenvalue weighted by Gasteiger charge is -2.30. The summed E-state index contributed by atoms with van der Waals surface area (Å²) in [5.41, 5.74) is 5.65. The van der Waals surface area contributed by atoms with Crippen molar-refractivity contribution in [1.82, 2.24) is 0 Å². The highest BCUT2D eigenvalue weighted by Crippen LogP contribution is 2.34. The van der Waals surface area contributed by atoms with Gasteiger partial charge in [-0.25, -0.2) is 0 Å². The van der Waals surface area contributed by atoms with E-state index in [4.69, 9.17) is 10.8 Å². The van der Waals surface area contributed by atoms with E-state index >= 15 is 0 Å². The number of aliphatic carboxylic acids is 1. The second kappa shape index (κ2) is 7.78. The zero-order valence-electron chi connectivity index (χ0n) is 11.9. The maximum absolute atomic E-state index is 10.8. The fourth-order valence-electron chi connectivity index (χ4n) is 3.31. The van der Waals surface area contributed by atoms with Crippen LogP contribution in [0.2, 0.25) is 0 Å². The molecular weight excluding hydrogens is 226 g/mol. The van der Waals surface area contributed by atoms with E-state index in [2.05, 4.69) is 13.8 Å². The van der Waals surface area contributed by atoms with E-state index in [-0.39, 0.29) is 0 Å². The zero-order chi connectivity index (χ0) is 13.5. The first-order chi connectivity index (χ1) is 8.54. The van der Waals surface area contributed by atoms with Gasteiger partial charge < -0.3 is 10.8 Å². The van der Waals surface area contributed by atoms with E-state index in [1.165, 1.54) is 32.1 Å². The monoisotopic (exact) mass is 255 g/mol. The molecule has 0 spiro atoms. The Morgan fingerprint density at radius 2 is 1.89 bits per heavy atom. The summed E-state index contributed by atoms with van der Waals surface area (Å²) in [6.45, 7) is 4.48. The van der Waals surface area contributed by atoms with Crippen LogP contribution in [0.1, 0.15) is 65.2 Å². The minimum atomic E-state index is -0.862. The topological polar surface area (TPSA) is 63.3 Å². The molecule has 1 aliphatic carbocycles. The molecular formula is C15H29NO2. The second-order valence-corrected chi connectivity index (χ2v) is 6.07. The average molecular weight is 255 g/mol. The summed E-state index contributed by atoms with van der Waals surface area (Å²) in [4.78, 5) is 10.8. The molecule has 0 heterocycles. The number of carboxylic acid groups (broad SMARTS) is 1. The molecule has 0 amide bonds. The van der Waals surface area contributed by atoms with Crippen molar-refractivity contribution >= 4 is 5.97 Å². The molecule has 3 atom stereocenters. The van der Waals surface area contributed by atoms with Crippen LogP contribution in [0.4, 0.5) is 0 Å². The van der Waals surface area contributed by atoms with E-state index in [0.29, 0.717) is 12.3 Å². The van der Waals surface area contributed by atoms with Gasteiger partial charge in [-0.1, -0.05) is 52.4 Å². The Kier molecular flexibility index (Phi) is 6.69. The molecule has 0 bridgehead atoms. The molecule has 1 saturated carbocycles. The fraction of sp³-hybridized carbons (Fsp3) is 0.933. The highest BCUT2D eigenvalue weighted by molar-refractivity contribution is 5.73. The van der Waals surface area contributed by atoms with Crippen molar-refractivity contribution in [2.24, 2.45) is 23.5 Å². The number of rotatable bonds is 7. The van der Waals surface area contributed by atoms with Crippen LogP contribution < -0.4 is 5.73 Å². The molecule has 3 N–H and O–H groups in total. The highest BCUT2D eigenvalue weighted by Gasteiger charge is 2.24. The Hall–Kier alpha value is -0.570. The second-order valence-electron chi connectivity index (χ2n) is 6.07. The SMILES string of the molecule is CCC(CC(N)C(=O)O)CC(C)C1CCCCC1. The number of hydrogen-bond donors (Lipinski definition) is 2. The van der Waals surface area contributed by atoms with Crippen molar-refractivity contribution in [3.63, 3.8) is 0 Å². The normalized spacial score (nSPS) is 22.4. The largest absolute Gasteiger partial charge is 0.480 e.